The van der Waals surface area contributed by atoms with E-state index in [1.54, 1.807) is 17.8 Å². The Labute approximate surface area is 89.2 Å². The molecule has 1 N–H and O–H groups in total. The smallest absolute Gasteiger partial charge is 0.118 e. The number of allylic oxidation sites excluding steroid dienone is 1. The maximum Gasteiger partial charge on any atom is 0.118 e. The van der Waals surface area contributed by atoms with Crippen molar-refractivity contribution in [1.82, 2.24) is 0 Å². The van der Waals surface area contributed by atoms with Crippen LogP contribution in [0, 0.1) is 6.92 Å². The van der Waals surface area contributed by atoms with E-state index in [2.05, 4.69) is 6.58 Å². The third-order valence-corrected chi connectivity index (χ3v) is 2.43. The van der Waals surface area contributed by atoms with Gasteiger partial charge in [0.15, 0.2) is 0 Å². The molecule has 1 rings (SSSR count). The van der Waals surface area contributed by atoms with Crippen molar-refractivity contribution >= 4 is 17.8 Å². The van der Waals surface area contributed by atoms with Crippen molar-refractivity contribution in [3.05, 3.63) is 46.2 Å². The van der Waals surface area contributed by atoms with E-state index in [1.807, 2.05) is 37.5 Å². The molecule has 14 heavy (non-hydrogen) atoms. The van der Waals surface area contributed by atoms with Crippen LogP contribution in [-0.4, -0.2) is 5.11 Å². The summed E-state index contributed by atoms with van der Waals surface area (Å²) in [5, 5.41) is 11.3. The molecule has 0 saturated carbocycles. The van der Waals surface area contributed by atoms with Gasteiger partial charge < -0.3 is 5.11 Å². The second-order valence-electron chi connectivity index (χ2n) is 3.17. The number of thioether (sulfide) groups is 1. The van der Waals surface area contributed by atoms with Crippen LogP contribution in [0.15, 0.2) is 35.1 Å². The Morgan fingerprint density at radius 3 is 2.79 bits per heavy atom. The summed E-state index contributed by atoms with van der Waals surface area (Å²) in [6, 6.07) is 5.54. The second-order valence-corrected chi connectivity index (χ2v) is 4.37. The van der Waals surface area contributed by atoms with Crippen LogP contribution in [0.3, 0.4) is 0 Å². The molecule has 0 bridgehead atoms. The van der Waals surface area contributed by atoms with Gasteiger partial charge in [0.05, 0.1) is 0 Å². The van der Waals surface area contributed by atoms with Crippen LogP contribution in [0.4, 0.5) is 0 Å². The highest BCUT2D eigenvalue weighted by atomic mass is 32.2. The fraction of sp³-hybridized carbons (Fsp3) is 0.167. The largest absolute Gasteiger partial charge is 0.508 e. The van der Waals surface area contributed by atoms with Crippen LogP contribution in [0.1, 0.15) is 18.1 Å². The van der Waals surface area contributed by atoms with Gasteiger partial charge >= 0.3 is 0 Å². The van der Waals surface area contributed by atoms with Crippen LogP contribution >= 0.6 is 11.8 Å². The highest BCUT2D eigenvalue weighted by Gasteiger charge is 1.94. The average Bonchev–Trinajstić information content (AvgIpc) is 2.10. The van der Waals surface area contributed by atoms with Crippen LogP contribution in [0.2, 0.25) is 0 Å². The van der Waals surface area contributed by atoms with Gasteiger partial charge in [-0.15, -0.1) is 11.8 Å². The van der Waals surface area contributed by atoms with E-state index in [4.69, 9.17) is 0 Å². The van der Waals surface area contributed by atoms with Crippen LogP contribution in [-0.2, 0) is 0 Å². The second kappa shape index (κ2) is 4.91. The fourth-order valence-electron chi connectivity index (χ4n) is 1.01. The normalized spacial score (nSPS) is 10.7. The Hall–Kier alpha value is -1.15. The summed E-state index contributed by atoms with van der Waals surface area (Å²) in [5.74, 6) is 0.342. The van der Waals surface area contributed by atoms with E-state index in [0.717, 1.165) is 16.0 Å². The minimum Gasteiger partial charge on any atom is -0.508 e. The van der Waals surface area contributed by atoms with Crippen LogP contribution in [0.25, 0.3) is 6.08 Å². The lowest BCUT2D eigenvalue weighted by atomic mass is 10.1. The molecule has 0 amide bonds. The Morgan fingerprint density at radius 1 is 1.50 bits per heavy atom. The first-order valence-corrected chi connectivity index (χ1v) is 5.26. The zero-order valence-electron chi connectivity index (χ0n) is 8.45. The number of phenolic OH excluding ortho intramolecular Hbond substituents is 1. The van der Waals surface area contributed by atoms with Gasteiger partial charge in [-0.25, -0.2) is 0 Å². The molecule has 0 aliphatic heterocycles. The molecule has 1 nitrogen and oxygen atoms in total. The Balaban J connectivity index is 2.73. The summed E-state index contributed by atoms with van der Waals surface area (Å²) in [6.45, 7) is 7.65. The van der Waals surface area contributed by atoms with Crippen LogP contribution in [0.5, 0.6) is 5.75 Å². The molecule has 1 aromatic carbocycles. The highest BCUT2D eigenvalue weighted by Crippen LogP contribution is 2.20. The summed E-state index contributed by atoms with van der Waals surface area (Å²) in [5.41, 5.74) is 1.99. The first-order chi connectivity index (χ1) is 6.59. The van der Waals surface area contributed by atoms with Gasteiger partial charge in [0, 0.05) is 0 Å². The van der Waals surface area contributed by atoms with Crippen molar-refractivity contribution < 1.29 is 5.11 Å². The number of benzene rings is 1. The molecule has 0 spiro atoms. The molecule has 0 atom stereocenters. The molecule has 0 aromatic heterocycles. The minimum absolute atomic E-state index is 0.342. The summed E-state index contributed by atoms with van der Waals surface area (Å²) in [7, 11) is 0. The molecule has 0 aliphatic carbocycles. The Bertz CT molecular complexity index is 367. The zero-order chi connectivity index (χ0) is 10.6. The van der Waals surface area contributed by atoms with E-state index in [1.165, 1.54) is 0 Å². The van der Waals surface area contributed by atoms with E-state index in [-0.39, 0.29) is 0 Å². The van der Waals surface area contributed by atoms with Crippen molar-refractivity contribution in [3.63, 3.8) is 0 Å². The molecule has 0 fully saturated rings. The first-order valence-electron chi connectivity index (χ1n) is 4.38. The quantitative estimate of drug-likeness (QED) is 0.808. The van der Waals surface area contributed by atoms with E-state index in [9.17, 15) is 5.11 Å². The third-order valence-electron chi connectivity index (χ3n) is 1.75. The van der Waals surface area contributed by atoms with Crippen molar-refractivity contribution in [2.75, 3.05) is 0 Å². The molecule has 0 unspecified atom stereocenters. The number of hydrogen-bond acceptors (Lipinski definition) is 2. The van der Waals surface area contributed by atoms with E-state index in [0.29, 0.717) is 5.75 Å². The number of aromatic hydroxyl groups is 1. The van der Waals surface area contributed by atoms with Crippen molar-refractivity contribution in [2.45, 2.75) is 13.8 Å². The SMILES string of the molecule is C=C(C)S/C=C/c1ccc(O)c(C)c1. The first kappa shape index (κ1) is 10.9. The monoisotopic (exact) mass is 206 g/mol. The summed E-state index contributed by atoms with van der Waals surface area (Å²) in [6.07, 6.45) is 2.01. The van der Waals surface area contributed by atoms with Crippen molar-refractivity contribution in [1.29, 1.82) is 0 Å². The molecule has 1 aromatic rings. The highest BCUT2D eigenvalue weighted by molar-refractivity contribution is 8.05. The summed E-state index contributed by atoms with van der Waals surface area (Å²) in [4.78, 5) is 1.07. The molecule has 0 aliphatic rings. The predicted molar refractivity (Wildman–Crippen MR) is 64.3 cm³/mol. The number of hydrogen-bond donors (Lipinski definition) is 1. The Morgan fingerprint density at radius 2 is 2.21 bits per heavy atom. The average molecular weight is 206 g/mol. The minimum atomic E-state index is 0.342. The van der Waals surface area contributed by atoms with Gasteiger partial charge in [0.1, 0.15) is 5.75 Å². The van der Waals surface area contributed by atoms with Crippen LogP contribution < -0.4 is 0 Å². The summed E-state index contributed by atoms with van der Waals surface area (Å²) >= 11 is 1.60. The molecule has 0 saturated heterocycles. The van der Waals surface area contributed by atoms with E-state index < -0.39 is 0 Å². The molecule has 0 heterocycles. The third kappa shape index (κ3) is 3.30. The lowest BCUT2D eigenvalue weighted by molar-refractivity contribution is 0.471. The number of phenols is 1. The maximum atomic E-state index is 9.31. The molecule has 2 heteroatoms. The number of rotatable bonds is 3. The van der Waals surface area contributed by atoms with Gasteiger partial charge in [0.25, 0.3) is 0 Å². The Kier molecular flexibility index (Phi) is 3.84. The lowest BCUT2D eigenvalue weighted by Gasteiger charge is -1.99. The summed E-state index contributed by atoms with van der Waals surface area (Å²) < 4.78 is 0. The zero-order valence-corrected chi connectivity index (χ0v) is 9.27. The van der Waals surface area contributed by atoms with Crippen molar-refractivity contribution in [3.8, 4) is 5.75 Å². The predicted octanol–water partition coefficient (Wildman–Crippen LogP) is 3.94. The van der Waals surface area contributed by atoms with Crippen molar-refractivity contribution in [2.24, 2.45) is 0 Å². The molecule has 74 valence electrons. The fourth-order valence-corrected chi connectivity index (χ4v) is 1.47. The standard InChI is InChI=1S/C12H14OS/c1-9(2)14-7-6-11-4-5-12(13)10(3)8-11/h4-8,13H,1H2,2-3H3/b7-6+. The van der Waals surface area contributed by atoms with E-state index >= 15 is 0 Å². The van der Waals surface area contributed by atoms with Gasteiger partial charge in [-0.3, -0.25) is 0 Å². The topological polar surface area (TPSA) is 20.2 Å². The maximum absolute atomic E-state index is 9.31. The van der Waals surface area contributed by atoms with Gasteiger partial charge in [0.2, 0.25) is 0 Å². The van der Waals surface area contributed by atoms with Gasteiger partial charge in [-0.05, 0) is 53.5 Å². The molecular formula is C12H14OS. The van der Waals surface area contributed by atoms with Gasteiger partial charge in [-0.2, -0.15) is 0 Å². The van der Waals surface area contributed by atoms with Gasteiger partial charge in [-0.1, -0.05) is 12.6 Å². The molecular weight excluding hydrogens is 192 g/mol. The molecule has 0 radical (unpaired) electrons. The number of aryl methyl sites for hydroxylation is 1. The lowest BCUT2D eigenvalue weighted by Crippen LogP contribution is -1.76.